The third kappa shape index (κ3) is 2.48. The summed E-state index contributed by atoms with van der Waals surface area (Å²) in [5.74, 6) is -0.897. The van der Waals surface area contributed by atoms with Crippen LogP contribution in [0.1, 0.15) is 15.9 Å². The predicted molar refractivity (Wildman–Crippen MR) is 75.4 cm³/mol. The quantitative estimate of drug-likeness (QED) is 0.868. The van der Waals surface area contributed by atoms with Crippen LogP contribution in [-0.2, 0) is 4.79 Å². The van der Waals surface area contributed by atoms with Gasteiger partial charge in [0.1, 0.15) is 11.6 Å². The minimum Gasteiger partial charge on any atom is -0.482 e. The summed E-state index contributed by atoms with van der Waals surface area (Å²) in [7, 11) is 0. The molecule has 2 aromatic carbocycles. The summed E-state index contributed by atoms with van der Waals surface area (Å²) < 4.78 is 18.6. The molecule has 6 heteroatoms. The number of hydrogen-bond acceptors (Lipinski definition) is 3. The Morgan fingerprint density at radius 2 is 2.10 bits per heavy atom. The lowest BCUT2D eigenvalue weighted by molar-refractivity contribution is -0.118. The van der Waals surface area contributed by atoms with Crippen molar-refractivity contribution in [2.24, 2.45) is 0 Å². The fraction of sp³-hybridized carbons (Fsp3) is 0.0667. The van der Waals surface area contributed by atoms with Crippen molar-refractivity contribution in [2.75, 3.05) is 11.9 Å². The summed E-state index contributed by atoms with van der Waals surface area (Å²) in [6, 6.07) is 8.64. The van der Waals surface area contributed by atoms with Crippen molar-refractivity contribution < 1.29 is 18.7 Å². The summed E-state index contributed by atoms with van der Waals surface area (Å²) in [5, 5.41) is 2.39. The summed E-state index contributed by atoms with van der Waals surface area (Å²) in [5.41, 5.74) is 0.761. The van der Waals surface area contributed by atoms with Gasteiger partial charge in [0.05, 0.1) is 10.7 Å². The number of rotatable bonds is 2. The van der Waals surface area contributed by atoms with Gasteiger partial charge < -0.3 is 10.1 Å². The SMILES string of the molecule is O=C1COc2ccc(C(=O)c3cccc(F)c3Cl)cc2N1. The van der Waals surface area contributed by atoms with Gasteiger partial charge in [-0.3, -0.25) is 9.59 Å². The first-order chi connectivity index (χ1) is 10.1. The van der Waals surface area contributed by atoms with E-state index < -0.39 is 11.6 Å². The number of nitrogens with one attached hydrogen (secondary N) is 1. The number of ketones is 1. The van der Waals surface area contributed by atoms with Crippen molar-refractivity contribution in [3.63, 3.8) is 0 Å². The van der Waals surface area contributed by atoms with Crippen molar-refractivity contribution in [1.82, 2.24) is 0 Å². The molecule has 0 radical (unpaired) electrons. The molecule has 3 rings (SSSR count). The molecule has 0 fully saturated rings. The highest BCUT2D eigenvalue weighted by Crippen LogP contribution is 2.30. The van der Waals surface area contributed by atoms with Crippen LogP contribution in [0.3, 0.4) is 0 Å². The van der Waals surface area contributed by atoms with E-state index in [-0.39, 0.29) is 28.7 Å². The maximum atomic E-state index is 13.4. The molecule has 1 aliphatic rings. The Hall–Kier alpha value is -2.40. The molecule has 2 aromatic rings. The van der Waals surface area contributed by atoms with E-state index in [2.05, 4.69) is 5.32 Å². The Morgan fingerprint density at radius 1 is 1.29 bits per heavy atom. The lowest BCUT2D eigenvalue weighted by Gasteiger charge is -2.18. The molecule has 0 aliphatic carbocycles. The highest BCUT2D eigenvalue weighted by molar-refractivity contribution is 6.35. The number of halogens is 2. The van der Waals surface area contributed by atoms with Crippen molar-refractivity contribution in [1.29, 1.82) is 0 Å². The average molecular weight is 306 g/mol. The molecule has 0 bridgehead atoms. The van der Waals surface area contributed by atoms with Gasteiger partial charge in [-0.05, 0) is 30.3 Å². The molecular weight excluding hydrogens is 297 g/mol. The van der Waals surface area contributed by atoms with Gasteiger partial charge in [-0.15, -0.1) is 0 Å². The van der Waals surface area contributed by atoms with Crippen molar-refractivity contribution in [3.8, 4) is 5.75 Å². The topological polar surface area (TPSA) is 55.4 Å². The lowest BCUT2D eigenvalue weighted by Crippen LogP contribution is -2.25. The molecular formula is C15H9ClFNO3. The molecule has 1 N–H and O–H groups in total. The van der Waals surface area contributed by atoms with Crippen molar-refractivity contribution in [3.05, 3.63) is 58.4 Å². The minimum absolute atomic E-state index is 0.0595. The molecule has 0 atom stereocenters. The average Bonchev–Trinajstić information content (AvgIpc) is 2.48. The minimum atomic E-state index is -0.655. The molecule has 0 aromatic heterocycles. The second kappa shape index (κ2) is 5.18. The van der Waals surface area contributed by atoms with E-state index in [1.807, 2.05) is 0 Å². The van der Waals surface area contributed by atoms with Gasteiger partial charge in [-0.2, -0.15) is 0 Å². The van der Waals surface area contributed by atoms with Crippen LogP contribution >= 0.6 is 11.6 Å². The first kappa shape index (κ1) is 13.6. The summed E-state index contributed by atoms with van der Waals surface area (Å²) in [6.45, 7) is -0.0595. The van der Waals surface area contributed by atoms with Crippen LogP contribution in [0, 0.1) is 5.82 Å². The van der Waals surface area contributed by atoms with Crippen molar-refractivity contribution >= 4 is 29.0 Å². The maximum Gasteiger partial charge on any atom is 0.262 e. The maximum absolute atomic E-state index is 13.4. The van der Waals surface area contributed by atoms with E-state index in [4.69, 9.17) is 16.3 Å². The number of carbonyl (C=O) groups is 2. The number of amides is 1. The first-order valence-corrected chi connectivity index (χ1v) is 6.49. The number of anilines is 1. The number of ether oxygens (including phenoxy) is 1. The second-order valence-corrected chi connectivity index (χ2v) is 4.86. The third-order valence-electron chi connectivity index (χ3n) is 3.07. The Morgan fingerprint density at radius 3 is 2.90 bits per heavy atom. The van der Waals surface area contributed by atoms with Crippen LogP contribution in [0.4, 0.5) is 10.1 Å². The van der Waals surface area contributed by atoms with Gasteiger partial charge >= 0.3 is 0 Å². The Balaban J connectivity index is 2.01. The molecule has 0 saturated carbocycles. The van der Waals surface area contributed by atoms with Gasteiger partial charge in [-0.1, -0.05) is 17.7 Å². The number of hydrogen-bond donors (Lipinski definition) is 1. The molecule has 21 heavy (non-hydrogen) atoms. The van der Waals surface area contributed by atoms with Gasteiger partial charge in [0, 0.05) is 11.1 Å². The van der Waals surface area contributed by atoms with Gasteiger partial charge in [0.25, 0.3) is 5.91 Å². The van der Waals surface area contributed by atoms with E-state index in [9.17, 15) is 14.0 Å². The van der Waals surface area contributed by atoms with Gasteiger partial charge in [0.2, 0.25) is 0 Å². The second-order valence-electron chi connectivity index (χ2n) is 4.48. The highest BCUT2D eigenvalue weighted by atomic mass is 35.5. The van der Waals surface area contributed by atoms with E-state index in [1.54, 1.807) is 12.1 Å². The number of benzene rings is 2. The van der Waals surface area contributed by atoms with Gasteiger partial charge in [-0.25, -0.2) is 4.39 Å². The molecule has 1 heterocycles. The molecule has 0 unspecified atom stereocenters. The molecule has 0 spiro atoms. The zero-order chi connectivity index (χ0) is 15.0. The summed E-state index contributed by atoms with van der Waals surface area (Å²) in [4.78, 5) is 23.7. The Kier molecular flexibility index (Phi) is 3.35. The highest BCUT2D eigenvalue weighted by Gasteiger charge is 2.20. The van der Waals surface area contributed by atoms with E-state index in [0.717, 1.165) is 0 Å². The largest absolute Gasteiger partial charge is 0.482 e. The summed E-state index contributed by atoms with van der Waals surface area (Å²) >= 11 is 5.81. The van der Waals surface area contributed by atoms with E-state index in [0.29, 0.717) is 11.4 Å². The lowest BCUT2D eigenvalue weighted by atomic mass is 10.0. The van der Waals surface area contributed by atoms with Crippen LogP contribution in [0.5, 0.6) is 5.75 Å². The number of carbonyl (C=O) groups excluding carboxylic acids is 2. The monoisotopic (exact) mass is 305 g/mol. The van der Waals surface area contributed by atoms with E-state index >= 15 is 0 Å². The predicted octanol–water partition coefficient (Wildman–Crippen LogP) is 3.04. The third-order valence-corrected chi connectivity index (χ3v) is 3.45. The standard InChI is InChI=1S/C15H9ClFNO3/c16-14-9(2-1-3-10(14)17)15(20)8-4-5-12-11(6-8)18-13(19)7-21-12/h1-6H,7H2,(H,18,19). The molecule has 0 saturated heterocycles. The zero-order valence-corrected chi connectivity index (χ0v) is 11.4. The van der Waals surface area contributed by atoms with Crippen LogP contribution in [-0.4, -0.2) is 18.3 Å². The van der Waals surface area contributed by atoms with Crippen LogP contribution in [0.25, 0.3) is 0 Å². The van der Waals surface area contributed by atoms with Crippen LogP contribution in [0.2, 0.25) is 5.02 Å². The molecule has 4 nitrogen and oxygen atoms in total. The van der Waals surface area contributed by atoms with Crippen LogP contribution in [0.15, 0.2) is 36.4 Å². The first-order valence-electron chi connectivity index (χ1n) is 6.11. The fourth-order valence-electron chi connectivity index (χ4n) is 2.06. The Bertz CT molecular complexity index is 761. The van der Waals surface area contributed by atoms with Crippen LogP contribution < -0.4 is 10.1 Å². The molecule has 106 valence electrons. The normalized spacial score (nSPS) is 13.1. The molecule has 1 aliphatic heterocycles. The smallest absolute Gasteiger partial charge is 0.262 e. The van der Waals surface area contributed by atoms with Crippen molar-refractivity contribution in [2.45, 2.75) is 0 Å². The van der Waals surface area contributed by atoms with Gasteiger partial charge in [0.15, 0.2) is 12.4 Å². The zero-order valence-electron chi connectivity index (χ0n) is 10.7. The summed E-state index contributed by atoms with van der Waals surface area (Å²) in [6.07, 6.45) is 0. The molecule has 1 amide bonds. The number of fused-ring (bicyclic) bond motifs is 1. The Labute approximate surface area is 124 Å². The fourth-order valence-corrected chi connectivity index (χ4v) is 2.27. The van der Waals surface area contributed by atoms with E-state index in [1.165, 1.54) is 24.3 Å².